The second-order valence-electron chi connectivity index (χ2n) is 7.64. The molecule has 2 amide bonds. The predicted molar refractivity (Wildman–Crippen MR) is 116 cm³/mol. The van der Waals surface area contributed by atoms with E-state index in [4.69, 9.17) is 16.9 Å². The maximum Gasteiger partial charge on any atom is 0.255 e. The molecule has 1 saturated heterocycles. The minimum atomic E-state index is -0.731. The zero-order valence-corrected chi connectivity index (χ0v) is 17.7. The molecule has 1 aliphatic heterocycles. The van der Waals surface area contributed by atoms with Crippen LogP contribution in [0.1, 0.15) is 17.3 Å². The molecule has 0 saturated carbocycles. The number of H-pyrrole nitrogens is 1. The first-order chi connectivity index (χ1) is 15.4. The fourth-order valence-electron chi connectivity index (χ4n) is 3.69. The fraction of sp³-hybridized carbons (Fsp3) is 0.238. The number of carbonyl (C=O) groups excluding carboxylic acids is 2. The first-order valence-corrected chi connectivity index (χ1v) is 10.3. The number of aromatic nitrogens is 5. The van der Waals surface area contributed by atoms with E-state index in [1.807, 2.05) is 6.07 Å². The molecule has 0 aliphatic carbocycles. The number of amides is 2. The van der Waals surface area contributed by atoms with Crippen LogP contribution in [0.3, 0.4) is 0 Å². The first-order valence-electron chi connectivity index (χ1n) is 9.91. The Morgan fingerprint density at radius 1 is 1.34 bits per heavy atom. The molecule has 0 spiro atoms. The summed E-state index contributed by atoms with van der Waals surface area (Å²) in [4.78, 5) is 43.2. The van der Waals surface area contributed by atoms with Crippen molar-refractivity contribution in [2.45, 2.75) is 13.0 Å². The highest BCUT2D eigenvalue weighted by molar-refractivity contribution is 6.31. The van der Waals surface area contributed by atoms with Crippen LogP contribution in [0.15, 0.2) is 36.9 Å². The van der Waals surface area contributed by atoms with Gasteiger partial charge in [0, 0.05) is 24.3 Å². The summed E-state index contributed by atoms with van der Waals surface area (Å²) >= 11 is 6.04. The van der Waals surface area contributed by atoms with Crippen LogP contribution in [0.4, 0.5) is 0 Å². The van der Waals surface area contributed by atoms with Gasteiger partial charge in [-0.05, 0) is 25.1 Å². The quantitative estimate of drug-likeness (QED) is 0.491. The Hall–Kier alpha value is -3.97. The topological polar surface area (TPSA) is 133 Å². The van der Waals surface area contributed by atoms with E-state index in [1.165, 1.54) is 6.20 Å². The second kappa shape index (κ2) is 7.62. The van der Waals surface area contributed by atoms with Crippen molar-refractivity contribution in [1.29, 1.82) is 5.26 Å². The highest BCUT2D eigenvalue weighted by Crippen LogP contribution is 2.22. The van der Waals surface area contributed by atoms with Crippen LogP contribution in [0.5, 0.6) is 0 Å². The van der Waals surface area contributed by atoms with Crippen LogP contribution < -0.4 is 5.32 Å². The molecule has 1 aliphatic rings. The number of hydrogen-bond donors (Lipinski definition) is 2. The molecule has 4 aromatic rings. The molecule has 4 heterocycles. The minimum Gasteiger partial charge on any atom is -0.344 e. The van der Waals surface area contributed by atoms with Crippen molar-refractivity contribution in [3.05, 3.63) is 47.5 Å². The number of hydrogen-bond acceptors (Lipinski definition) is 6. The van der Waals surface area contributed by atoms with Gasteiger partial charge in [0.2, 0.25) is 5.91 Å². The molecular weight excluding hydrogens is 432 g/mol. The Bertz CT molecular complexity index is 1410. The number of nitrogens with one attached hydrogen (secondary N) is 2. The number of halogens is 1. The second-order valence-corrected chi connectivity index (χ2v) is 8.08. The molecule has 160 valence electrons. The lowest BCUT2D eigenvalue weighted by Gasteiger charge is -2.37. The summed E-state index contributed by atoms with van der Waals surface area (Å²) in [6, 6.07) is 6.75. The van der Waals surface area contributed by atoms with Crippen molar-refractivity contribution in [3.63, 3.8) is 0 Å². The molecule has 32 heavy (non-hydrogen) atoms. The number of imidazole rings is 1. The summed E-state index contributed by atoms with van der Waals surface area (Å²) in [6.07, 6.45) is 4.71. The van der Waals surface area contributed by atoms with E-state index >= 15 is 0 Å². The van der Waals surface area contributed by atoms with Gasteiger partial charge in [0.15, 0.2) is 11.5 Å². The molecule has 3 aromatic heterocycles. The molecule has 0 bridgehead atoms. The van der Waals surface area contributed by atoms with Gasteiger partial charge in [0.05, 0.1) is 34.8 Å². The Kier molecular flexibility index (Phi) is 4.75. The van der Waals surface area contributed by atoms with E-state index in [9.17, 15) is 9.59 Å². The Morgan fingerprint density at radius 2 is 2.16 bits per heavy atom. The van der Waals surface area contributed by atoms with Crippen molar-refractivity contribution in [3.8, 4) is 11.9 Å². The van der Waals surface area contributed by atoms with Gasteiger partial charge in [0.25, 0.3) is 5.91 Å². The van der Waals surface area contributed by atoms with Crippen molar-refractivity contribution >= 4 is 45.6 Å². The number of nitrogens with zero attached hydrogens (tertiary/aromatic N) is 6. The van der Waals surface area contributed by atoms with Crippen molar-refractivity contribution < 1.29 is 9.59 Å². The molecule has 1 aromatic carbocycles. The summed E-state index contributed by atoms with van der Waals surface area (Å²) in [5.41, 5.74) is 2.62. The molecule has 1 atom stereocenters. The highest BCUT2D eigenvalue weighted by Gasteiger charge is 2.33. The minimum absolute atomic E-state index is 0.139. The number of fused-ring (bicyclic) bond motifs is 2. The van der Waals surface area contributed by atoms with Gasteiger partial charge in [-0.25, -0.2) is 15.0 Å². The van der Waals surface area contributed by atoms with E-state index in [0.717, 1.165) is 5.52 Å². The van der Waals surface area contributed by atoms with E-state index in [0.29, 0.717) is 40.6 Å². The summed E-state index contributed by atoms with van der Waals surface area (Å²) in [5, 5.41) is 12.2. The highest BCUT2D eigenvalue weighted by atomic mass is 35.5. The molecule has 10 nitrogen and oxygen atoms in total. The van der Waals surface area contributed by atoms with Crippen LogP contribution in [0, 0.1) is 17.2 Å². The Labute approximate surface area is 186 Å². The van der Waals surface area contributed by atoms with Crippen LogP contribution in [-0.2, 0) is 4.79 Å². The predicted octanol–water partition coefficient (Wildman–Crippen LogP) is 2.05. The molecule has 1 unspecified atom stereocenters. The van der Waals surface area contributed by atoms with E-state index in [-0.39, 0.29) is 17.4 Å². The molecule has 0 radical (unpaired) electrons. The number of benzene rings is 1. The third-order valence-corrected chi connectivity index (χ3v) is 5.70. The van der Waals surface area contributed by atoms with E-state index in [2.05, 4.69) is 31.3 Å². The smallest absolute Gasteiger partial charge is 0.255 e. The number of carbonyl (C=O) groups is 2. The number of nitriles is 1. The molecule has 11 heteroatoms. The van der Waals surface area contributed by atoms with Gasteiger partial charge < -0.3 is 15.2 Å². The van der Waals surface area contributed by atoms with Gasteiger partial charge in [-0.3, -0.25) is 14.2 Å². The standard InChI is InChI=1S/C21H17ClN8O2/c1-11(21(32)29-8-12(5-23)9-29)27-20(31)14-6-24-19-18(14)28-17(7-25-19)30-10-26-15-4-13(22)2-3-16(15)30/h2-4,6-7,10-12H,8-9H2,1H3,(H,24,25)(H,27,31). The average molecular weight is 449 g/mol. The zero-order valence-electron chi connectivity index (χ0n) is 16.9. The number of aromatic amines is 1. The lowest BCUT2D eigenvalue weighted by atomic mass is 10.0. The van der Waals surface area contributed by atoms with Gasteiger partial charge in [-0.15, -0.1) is 0 Å². The maximum atomic E-state index is 12.9. The Balaban J connectivity index is 1.40. The van der Waals surface area contributed by atoms with Gasteiger partial charge in [-0.2, -0.15) is 5.26 Å². The monoisotopic (exact) mass is 448 g/mol. The van der Waals surface area contributed by atoms with Gasteiger partial charge >= 0.3 is 0 Å². The third kappa shape index (κ3) is 3.33. The molecule has 2 N–H and O–H groups in total. The van der Waals surface area contributed by atoms with E-state index < -0.39 is 11.9 Å². The zero-order chi connectivity index (χ0) is 22.4. The lowest BCUT2D eigenvalue weighted by Crippen LogP contribution is -2.55. The van der Waals surface area contributed by atoms with Crippen LogP contribution in [0.25, 0.3) is 28.0 Å². The Morgan fingerprint density at radius 3 is 2.94 bits per heavy atom. The maximum absolute atomic E-state index is 12.9. The molecule has 1 fully saturated rings. The average Bonchev–Trinajstić information content (AvgIpc) is 3.35. The molecule has 5 rings (SSSR count). The summed E-state index contributed by atoms with van der Waals surface area (Å²) < 4.78 is 1.76. The number of likely N-dealkylation sites (tertiary alicyclic amines) is 1. The van der Waals surface area contributed by atoms with Crippen molar-refractivity contribution in [2.24, 2.45) is 5.92 Å². The summed E-state index contributed by atoms with van der Waals surface area (Å²) in [5.74, 6) is -0.314. The number of rotatable bonds is 4. The van der Waals surface area contributed by atoms with Crippen LogP contribution >= 0.6 is 11.6 Å². The summed E-state index contributed by atoms with van der Waals surface area (Å²) in [7, 11) is 0. The van der Waals surface area contributed by atoms with Crippen molar-refractivity contribution in [2.75, 3.05) is 13.1 Å². The normalized spacial score (nSPS) is 14.8. The largest absolute Gasteiger partial charge is 0.344 e. The fourth-order valence-corrected chi connectivity index (χ4v) is 3.86. The summed E-state index contributed by atoms with van der Waals surface area (Å²) in [6.45, 7) is 2.40. The third-order valence-electron chi connectivity index (χ3n) is 5.46. The van der Waals surface area contributed by atoms with Crippen LogP contribution in [-0.4, -0.2) is 60.3 Å². The molecular formula is C21H17ClN8O2. The van der Waals surface area contributed by atoms with Gasteiger partial charge in [0.1, 0.15) is 17.9 Å². The van der Waals surface area contributed by atoms with E-state index in [1.54, 1.807) is 41.0 Å². The lowest BCUT2D eigenvalue weighted by molar-refractivity contribution is -0.137. The first kappa shape index (κ1) is 20.0. The SMILES string of the molecule is CC(NC(=O)c1c[nH]c2ncc(-n3cnc4cc(Cl)ccc43)nc12)C(=O)N1CC(C#N)C1. The van der Waals surface area contributed by atoms with Crippen LogP contribution in [0.2, 0.25) is 5.02 Å². The van der Waals surface area contributed by atoms with Crippen molar-refractivity contribution in [1.82, 2.24) is 34.7 Å². The van der Waals surface area contributed by atoms with Gasteiger partial charge in [-0.1, -0.05) is 11.6 Å².